The van der Waals surface area contributed by atoms with Crippen LogP contribution in [-0.2, 0) is 13.1 Å². The summed E-state index contributed by atoms with van der Waals surface area (Å²) in [6.45, 7) is 4.47. The summed E-state index contributed by atoms with van der Waals surface area (Å²) < 4.78 is 3.24. The van der Waals surface area contributed by atoms with E-state index in [0.29, 0.717) is 18.3 Å². The van der Waals surface area contributed by atoms with Crippen LogP contribution < -0.4 is 5.56 Å². The van der Waals surface area contributed by atoms with E-state index in [4.69, 9.17) is 0 Å². The average Bonchev–Trinajstić information content (AvgIpc) is 3.37. The molecule has 9 heteroatoms. The van der Waals surface area contributed by atoms with Gasteiger partial charge >= 0.3 is 0 Å². The standard InChI is InChI=1S/C17H22N8O/c26-17-3-2-16(23-9-1-6-18-23)21-24(17)14-15-4-10-22(11-5-15)12-13-25-19-7-8-20-25/h1-3,6-9,15H,4-5,10-14H2. The first-order chi connectivity index (χ1) is 12.8. The van der Waals surface area contributed by atoms with Crippen LogP contribution in [0.3, 0.4) is 0 Å². The Hall–Kier alpha value is -2.81. The summed E-state index contributed by atoms with van der Waals surface area (Å²) >= 11 is 0. The summed E-state index contributed by atoms with van der Waals surface area (Å²) in [5.41, 5.74) is -0.0620. The number of aromatic nitrogens is 7. The summed E-state index contributed by atoms with van der Waals surface area (Å²) in [4.78, 5) is 16.3. The molecule has 1 aliphatic rings. The zero-order valence-corrected chi connectivity index (χ0v) is 14.6. The minimum Gasteiger partial charge on any atom is -0.301 e. The molecule has 1 aliphatic heterocycles. The minimum absolute atomic E-state index is 0.0620. The van der Waals surface area contributed by atoms with Gasteiger partial charge in [0.25, 0.3) is 5.56 Å². The molecule has 4 rings (SSSR count). The van der Waals surface area contributed by atoms with Crippen molar-refractivity contribution in [3.63, 3.8) is 0 Å². The molecule has 0 bridgehead atoms. The largest absolute Gasteiger partial charge is 0.301 e. The summed E-state index contributed by atoms with van der Waals surface area (Å²) in [7, 11) is 0. The quantitative estimate of drug-likeness (QED) is 0.638. The maximum Gasteiger partial charge on any atom is 0.266 e. The van der Waals surface area contributed by atoms with E-state index in [1.807, 2.05) is 12.3 Å². The van der Waals surface area contributed by atoms with E-state index in [0.717, 1.165) is 39.0 Å². The SMILES string of the molecule is O=c1ccc(-n2cccn2)nn1CC1CCN(CCn2nccn2)CC1. The Morgan fingerprint density at radius 3 is 2.54 bits per heavy atom. The van der Waals surface area contributed by atoms with Crippen LogP contribution in [0.5, 0.6) is 0 Å². The first kappa shape index (κ1) is 16.6. The minimum atomic E-state index is -0.0620. The van der Waals surface area contributed by atoms with Gasteiger partial charge in [-0.05, 0) is 44.0 Å². The highest BCUT2D eigenvalue weighted by molar-refractivity contribution is 5.17. The lowest BCUT2D eigenvalue weighted by molar-refractivity contribution is 0.161. The Morgan fingerprint density at radius 2 is 1.81 bits per heavy atom. The van der Waals surface area contributed by atoms with Crippen molar-refractivity contribution in [3.8, 4) is 5.82 Å². The van der Waals surface area contributed by atoms with Crippen LogP contribution in [-0.4, -0.2) is 59.1 Å². The van der Waals surface area contributed by atoms with Crippen LogP contribution in [0, 0.1) is 5.92 Å². The molecule has 1 saturated heterocycles. The molecular weight excluding hydrogens is 332 g/mol. The maximum atomic E-state index is 12.2. The first-order valence-electron chi connectivity index (χ1n) is 8.92. The van der Waals surface area contributed by atoms with Gasteiger partial charge in [-0.3, -0.25) is 4.79 Å². The molecule has 0 aliphatic carbocycles. The number of nitrogens with zero attached hydrogens (tertiary/aromatic N) is 8. The lowest BCUT2D eigenvalue weighted by atomic mass is 9.97. The summed E-state index contributed by atoms with van der Waals surface area (Å²) in [6.07, 6.45) is 9.05. The zero-order valence-electron chi connectivity index (χ0n) is 14.6. The molecule has 0 saturated carbocycles. The van der Waals surface area contributed by atoms with Crippen molar-refractivity contribution >= 4 is 0 Å². The van der Waals surface area contributed by atoms with E-state index in [2.05, 4.69) is 25.3 Å². The van der Waals surface area contributed by atoms with Crippen molar-refractivity contribution in [1.82, 2.24) is 39.5 Å². The van der Waals surface area contributed by atoms with Gasteiger partial charge in [-0.25, -0.2) is 9.36 Å². The van der Waals surface area contributed by atoms with Crippen molar-refractivity contribution in [1.29, 1.82) is 0 Å². The molecule has 9 nitrogen and oxygen atoms in total. The molecule has 0 N–H and O–H groups in total. The van der Waals surface area contributed by atoms with E-state index in [1.165, 1.54) is 0 Å². The Labute approximate surface area is 150 Å². The third kappa shape index (κ3) is 3.88. The van der Waals surface area contributed by atoms with Gasteiger partial charge in [-0.1, -0.05) is 0 Å². The third-order valence-corrected chi connectivity index (χ3v) is 4.81. The fourth-order valence-electron chi connectivity index (χ4n) is 3.32. The number of hydrogen-bond acceptors (Lipinski definition) is 6. The van der Waals surface area contributed by atoms with E-state index in [-0.39, 0.29) is 5.56 Å². The summed E-state index contributed by atoms with van der Waals surface area (Å²) in [6, 6.07) is 5.11. The average molecular weight is 354 g/mol. The molecule has 0 atom stereocenters. The molecule has 0 spiro atoms. The fraction of sp³-hybridized carbons (Fsp3) is 0.471. The molecule has 0 amide bonds. The number of likely N-dealkylation sites (tertiary alicyclic amines) is 1. The maximum absolute atomic E-state index is 12.2. The highest BCUT2D eigenvalue weighted by atomic mass is 16.1. The van der Waals surface area contributed by atoms with Crippen LogP contribution in [0.4, 0.5) is 0 Å². The Bertz CT molecular complexity index is 863. The molecule has 0 unspecified atom stereocenters. The normalized spacial score (nSPS) is 16.2. The number of hydrogen-bond donors (Lipinski definition) is 0. The topological polar surface area (TPSA) is 86.7 Å². The third-order valence-electron chi connectivity index (χ3n) is 4.81. The molecule has 4 heterocycles. The second kappa shape index (κ2) is 7.61. The predicted molar refractivity (Wildman–Crippen MR) is 94.8 cm³/mol. The second-order valence-electron chi connectivity index (χ2n) is 6.57. The molecule has 0 aromatic carbocycles. The zero-order chi connectivity index (χ0) is 17.8. The molecule has 26 heavy (non-hydrogen) atoms. The van der Waals surface area contributed by atoms with Crippen molar-refractivity contribution in [2.75, 3.05) is 19.6 Å². The van der Waals surface area contributed by atoms with Gasteiger partial charge in [-0.2, -0.15) is 20.1 Å². The highest BCUT2D eigenvalue weighted by Crippen LogP contribution is 2.18. The summed E-state index contributed by atoms with van der Waals surface area (Å²) in [5, 5.41) is 16.9. The van der Waals surface area contributed by atoms with Gasteiger partial charge < -0.3 is 4.90 Å². The van der Waals surface area contributed by atoms with E-state index in [1.54, 1.807) is 44.9 Å². The molecule has 1 fully saturated rings. The second-order valence-corrected chi connectivity index (χ2v) is 6.57. The van der Waals surface area contributed by atoms with Crippen LogP contribution in [0.2, 0.25) is 0 Å². The van der Waals surface area contributed by atoms with Crippen LogP contribution in [0.1, 0.15) is 12.8 Å². The number of piperidine rings is 1. The lowest BCUT2D eigenvalue weighted by Gasteiger charge is -2.31. The Kier molecular flexibility index (Phi) is 4.87. The fourth-order valence-corrected chi connectivity index (χ4v) is 3.32. The van der Waals surface area contributed by atoms with Gasteiger partial charge in [0.1, 0.15) is 0 Å². The van der Waals surface area contributed by atoms with Gasteiger partial charge in [0.15, 0.2) is 5.82 Å². The molecule has 3 aromatic heterocycles. The van der Waals surface area contributed by atoms with Crippen LogP contribution >= 0.6 is 0 Å². The van der Waals surface area contributed by atoms with Gasteiger partial charge in [0.2, 0.25) is 0 Å². The van der Waals surface area contributed by atoms with Crippen molar-refractivity contribution in [2.24, 2.45) is 5.92 Å². The summed E-state index contributed by atoms with van der Waals surface area (Å²) in [5.74, 6) is 1.13. The molecule has 3 aromatic rings. The predicted octanol–water partition coefficient (Wildman–Crippen LogP) is 0.433. The Balaban J connectivity index is 1.33. The van der Waals surface area contributed by atoms with Gasteiger partial charge in [0.05, 0.1) is 18.9 Å². The van der Waals surface area contributed by atoms with E-state index < -0.39 is 0 Å². The molecular formula is C17H22N8O. The lowest BCUT2D eigenvalue weighted by Crippen LogP contribution is -2.38. The van der Waals surface area contributed by atoms with Crippen molar-refractivity contribution < 1.29 is 0 Å². The molecule has 136 valence electrons. The molecule has 0 radical (unpaired) electrons. The van der Waals surface area contributed by atoms with E-state index >= 15 is 0 Å². The van der Waals surface area contributed by atoms with Crippen molar-refractivity contribution in [3.05, 3.63) is 53.3 Å². The monoisotopic (exact) mass is 354 g/mol. The smallest absolute Gasteiger partial charge is 0.266 e. The van der Waals surface area contributed by atoms with Crippen LogP contribution in [0.15, 0.2) is 47.8 Å². The van der Waals surface area contributed by atoms with E-state index in [9.17, 15) is 4.79 Å². The first-order valence-corrected chi connectivity index (χ1v) is 8.92. The highest BCUT2D eigenvalue weighted by Gasteiger charge is 2.20. The van der Waals surface area contributed by atoms with Gasteiger partial charge in [-0.15, -0.1) is 5.10 Å². The van der Waals surface area contributed by atoms with Gasteiger partial charge in [0, 0.05) is 31.5 Å². The number of rotatable bonds is 6. The van der Waals surface area contributed by atoms with Crippen molar-refractivity contribution in [2.45, 2.75) is 25.9 Å². The van der Waals surface area contributed by atoms with Crippen LogP contribution in [0.25, 0.3) is 5.82 Å². The Morgan fingerprint density at radius 1 is 1.00 bits per heavy atom.